The molecule has 2 aromatic heterocycles. The van der Waals surface area contributed by atoms with Crippen molar-refractivity contribution in [2.24, 2.45) is 4.99 Å². The summed E-state index contributed by atoms with van der Waals surface area (Å²) in [6.45, 7) is 8.87. The van der Waals surface area contributed by atoms with Crippen molar-refractivity contribution in [2.75, 3.05) is 62.7 Å². The summed E-state index contributed by atoms with van der Waals surface area (Å²) in [6, 6.07) is 7.34. The van der Waals surface area contributed by atoms with Gasteiger partial charge in [0.25, 0.3) is 0 Å². The summed E-state index contributed by atoms with van der Waals surface area (Å²) in [5.74, 6) is 1.94. The molecule has 0 amide bonds. The first-order valence-corrected chi connectivity index (χ1v) is 11.4. The molecule has 8 nitrogen and oxygen atoms in total. The van der Waals surface area contributed by atoms with Gasteiger partial charge in [-0.15, -0.1) is 24.0 Å². The number of hydrogen-bond donors (Lipinski definition) is 2. The molecule has 33 heavy (non-hydrogen) atoms. The lowest BCUT2D eigenvalue weighted by atomic mass is 10.2. The molecule has 2 aliphatic rings. The highest BCUT2D eigenvalue weighted by atomic mass is 127. The predicted molar refractivity (Wildman–Crippen MR) is 142 cm³/mol. The molecule has 4 rings (SSSR count). The zero-order valence-corrected chi connectivity index (χ0v) is 21.7. The number of likely N-dealkylation sites (N-methyl/N-ethyl adjacent to an activating group) is 1. The second-order valence-electron chi connectivity index (χ2n) is 8.36. The number of halogens is 2. The van der Waals surface area contributed by atoms with Gasteiger partial charge >= 0.3 is 0 Å². The third-order valence-electron chi connectivity index (χ3n) is 5.99. The summed E-state index contributed by atoms with van der Waals surface area (Å²) in [5, 5.41) is 6.86. The van der Waals surface area contributed by atoms with Gasteiger partial charge in [-0.05, 0) is 38.6 Å². The van der Waals surface area contributed by atoms with Crippen LogP contribution in [-0.4, -0.2) is 79.7 Å². The van der Waals surface area contributed by atoms with Crippen molar-refractivity contribution in [2.45, 2.75) is 25.9 Å². The van der Waals surface area contributed by atoms with E-state index in [1.54, 1.807) is 12.3 Å². The molecule has 1 atom stereocenters. The minimum Gasteiger partial charge on any atom is -0.357 e. The van der Waals surface area contributed by atoms with Crippen molar-refractivity contribution in [1.82, 2.24) is 25.5 Å². The normalized spacial score (nSPS) is 19.4. The number of hydrogen-bond acceptors (Lipinski definition) is 6. The molecule has 2 saturated heterocycles. The van der Waals surface area contributed by atoms with Crippen molar-refractivity contribution >= 4 is 41.6 Å². The second-order valence-corrected chi connectivity index (χ2v) is 8.36. The average molecular weight is 568 g/mol. The van der Waals surface area contributed by atoms with E-state index in [1.165, 1.54) is 6.07 Å². The van der Waals surface area contributed by atoms with Crippen molar-refractivity contribution in [3.8, 4) is 0 Å². The molecule has 0 saturated carbocycles. The van der Waals surface area contributed by atoms with E-state index >= 15 is 0 Å². The molecule has 0 bridgehead atoms. The molecule has 10 heteroatoms. The van der Waals surface area contributed by atoms with Crippen LogP contribution < -0.4 is 20.4 Å². The molecular formula is C23H34FIN8. The van der Waals surface area contributed by atoms with E-state index in [2.05, 4.69) is 50.4 Å². The minimum absolute atomic E-state index is 0. The minimum atomic E-state index is -0.276. The van der Waals surface area contributed by atoms with Gasteiger partial charge in [-0.25, -0.2) is 19.4 Å². The number of piperazine rings is 1. The fourth-order valence-electron chi connectivity index (χ4n) is 4.21. The van der Waals surface area contributed by atoms with Gasteiger partial charge in [0, 0.05) is 69.8 Å². The number of anilines is 2. The predicted octanol–water partition coefficient (Wildman–Crippen LogP) is 2.32. The topological polar surface area (TPSA) is 71.9 Å². The lowest BCUT2D eigenvalue weighted by Crippen LogP contribution is -2.45. The smallest absolute Gasteiger partial charge is 0.191 e. The van der Waals surface area contributed by atoms with Crippen molar-refractivity contribution in [1.29, 1.82) is 0 Å². The van der Waals surface area contributed by atoms with Crippen LogP contribution >= 0.6 is 24.0 Å². The number of rotatable bonds is 6. The lowest BCUT2D eigenvalue weighted by Gasteiger charge is -2.34. The van der Waals surface area contributed by atoms with Crippen LogP contribution in [0.5, 0.6) is 0 Å². The summed E-state index contributed by atoms with van der Waals surface area (Å²) < 4.78 is 14.1. The van der Waals surface area contributed by atoms with E-state index in [1.807, 2.05) is 17.2 Å². The first-order chi connectivity index (χ1) is 15.6. The largest absolute Gasteiger partial charge is 0.357 e. The standard InChI is InChI=1S/C23H33FN8.HI/c1-3-25-23(29-19-8-11-32(17-19)22-20(24)7-5-10-27-22)28-16-18-6-4-9-26-21(18)31-14-12-30(2)13-15-31;/h4-7,9-10,19H,3,8,11-17H2,1-2H3,(H2,25,28,29);1H. The molecule has 180 valence electrons. The van der Waals surface area contributed by atoms with Gasteiger partial charge in [0.15, 0.2) is 17.6 Å². The third-order valence-corrected chi connectivity index (χ3v) is 5.99. The molecule has 0 radical (unpaired) electrons. The zero-order valence-electron chi connectivity index (χ0n) is 19.4. The van der Waals surface area contributed by atoms with Crippen LogP contribution in [0.2, 0.25) is 0 Å². The summed E-state index contributed by atoms with van der Waals surface area (Å²) in [7, 11) is 2.15. The van der Waals surface area contributed by atoms with Gasteiger partial charge in [-0.1, -0.05) is 6.07 Å². The molecule has 0 aliphatic carbocycles. The van der Waals surface area contributed by atoms with Crippen molar-refractivity contribution in [3.05, 3.63) is 48.0 Å². The lowest BCUT2D eigenvalue weighted by molar-refractivity contribution is 0.312. The fourth-order valence-corrected chi connectivity index (χ4v) is 4.21. The van der Waals surface area contributed by atoms with Gasteiger partial charge in [0.2, 0.25) is 0 Å². The molecule has 4 heterocycles. The first-order valence-electron chi connectivity index (χ1n) is 11.4. The Balaban J connectivity index is 0.00000306. The van der Waals surface area contributed by atoms with E-state index in [0.717, 1.165) is 63.0 Å². The van der Waals surface area contributed by atoms with Crippen LogP contribution in [0.3, 0.4) is 0 Å². The Morgan fingerprint density at radius 1 is 1.06 bits per heavy atom. The molecule has 2 fully saturated rings. The summed E-state index contributed by atoms with van der Waals surface area (Å²) in [5.41, 5.74) is 1.12. The second kappa shape index (κ2) is 12.3. The van der Waals surface area contributed by atoms with E-state index in [9.17, 15) is 4.39 Å². The number of aliphatic imine (C=N–C) groups is 1. The summed E-state index contributed by atoms with van der Waals surface area (Å²) >= 11 is 0. The number of pyridine rings is 2. The summed E-state index contributed by atoms with van der Waals surface area (Å²) in [6.07, 6.45) is 4.39. The molecular weight excluding hydrogens is 534 g/mol. The van der Waals surface area contributed by atoms with Crippen LogP contribution in [0.4, 0.5) is 16.0 Å². The van der Waals surface area contributed by atoms with Crippen LogP contribution in [0.1, 0.15) is 18.9 Å². The zero-order chi connectivity index (χ0) is 22.3. The van der Waals surface area contributed by atoms with E-state index < -0.39 is 0 Å². The van der Waals surface area contributed by atoms with Gasteiger partial charge in [0.1, 0.15) is 5.82 Å². The molecule has 0 aromatic carbocycles. The third kappa shape index (κ3) is 6.66. The molecule has 0 spiro atoms. The maximum absolute atomic E-state index is 14.1. The molecule has 2 N–H and O–H groups in total. The van der Waals surface area contributed by atoms with Crippen LogP contribution in [0, 0.1) is 5.82 Å². The monoisotopic (exact) mass is 568 g/mol. The Labute approximate surface area is 212 Å². The molecule has 1 unspecified atom stereocenters. The number of nitrogens with one attached hydrogen (secondary N) is 2. The van der Waals surface area contributed by atoms with Crippen molar-refractivity contribution < 1.29 is 4.39 Å². The van der Waals surface area contributed by atoms with E-state index in [0.29, 0.717) is 18.9 Å². The van der Waals surface area contributed by atoms with Gasteiger partial charge in [-0.3, -0.25) is 0 Å². The van der Waals surface area contributed by atoms with E-state index in [-0.39, 0.29) is 35.8 Å². The quantitative estimate of drug-likeness (QED) is 0.315. The Bertz CT molecular complexity index is 919. The first kappa shape index (κ1) is 25.4. The average Bonchev–Trinajstić information content (AvgIpc) is 3.27. The highest BCUT2D eigenvalue weighted by molar-refractivity contribution is 14.0. The van der Waals surface area contributed by atoms with Crippen molar-refractivity contribution in [3.63, 3.8) is 0 Å². The van der Waals surface area contributed by atoms with Crippen LogP contribution in [0.15, 0.2) is 41.7 Å². The highest BCUT2D eigenvalue weighted by Gasteiger charge is 2.26. The van der Waals surface area contributed by atoms with Gasteiger partial charge in [-0.2, -0.15) is 0 Å². The Kier molecular flexibility index (Phi) is 9.48. The highest BCUT2D eigenvalue weighted by Crippen LogP contribution is 2.21. The Hall–Kier alpha value is -2.21. The molecule has 2 aliphatic heterocycles. The summed E-state index contributed by atoms with van der Waals surface area (Å²) in [4.78, 5) is 20.4. The van der Waals surface area contributed by atoms with Crippen LogP contribution in [-0.2, 0) is 6.54 Å². The number of guanidine groups is 1. The maximum Gasteiger partial charge on any atom is 0.191 e. The fraction of sp³-hybridized carbons (Fsp3) is 0.522. The number of nitrogens with zero attached hydrogens (tertiary/aromatic N) is 6. The Morgan fingerprint density at radius 2 is 1.79 bits per heavy atom. The van der Waals surface area contributed by atoms with Crippen LogP contribution in [0.25, 0.3) is 0 Å². The van der Waals surface area contributed by atoms with Gasteiger partial charge in [0.05, 0.1) is 6.54 Å². The van der Waals surface area contributed by atoms with E-state index in [4.69, 9.17) is 4.99 Å². The molecule has 2 aromatic rings. The Morgan fingerprint density at radius 3 is 2.52 bits per heavy atom. The van der Waals surface area contributed by atoms with Gasteiger partial charge < -0.3 is 25.3 Å². The number of aromatic nitrogens is 2. The SMILES string of the molecule is CCNC(=NCc1cccnc1N1CCN(C)CC1)NC1CCN(c2ncccc2F)C1.I. The maximum atomic E-state index is 14.1.